The average Bonchev–Trinajstić information content (AvgIpc) is 2.79. The van der Waals surface area contributed by atoms with E-state index in [2.05, 4.69) is 29.5 Å². The number of esters is 1. The van der Waals surface area contributed by atoms with Gasteiger partial charge in [0.05, 0.1) is 18.8 Å². The Kier molecular flexibility index (Phi) is 6.84. The Morgan fingerprint density at radius 2 is 2.05 bits per heavy atom. The van der Waals surface area contributed by atoms with Crippen LogP contribution >= 0.6 is 0 Å². The molecule has 118 valence electrons. The van der Waals surface area contributed by atoms with Crippen LogP contribution in [0.2, 0.25) is 0 Å². The zero-order valence-electron chi connectivity index (χ0n) is 13.2. The summed E-state index contributed by atoms with van der Waals surface area (Å²) in [5.41, 5.74) is 0.981. The van der Waals surface area contributed by atoms with Gasteiger partial charge in [-0.1, -0.05) is 19.1 Å². The summed E-state index contributed by atoms with van der Waals surface area (Å²) in [4.78, 5) is 23.4. The molecule has 1 aromatic heterocycles. The third-order valence-corrected chi connectivity index (χ3v) is 2.83. The highest BCUT2D eigenvalue weighted by Gasteiger charge is 2.21. The normalized spacial score (nSPS) is 10.7. The maximum absolute atomic E-state index is 11.9. The fourth-order valence-electron chi connectivity index (χ4n) is 1.95. The minimum Gasteiger partial charge on any atom is -0.461 e. The average molecular weight is 296 g/mol. The van der Waals surface area contributed by atoms with Gasteiger partial charge < -0.3 is 10.1 Å². The number of carbonyl (C=O) groups is 2. The third-order valence-electron chi connectivity index (χ3n) is 2.83. The Bertz CT molecular complexity index is 483. The van der Waals surface area contributed by atoms with Gasteiger partial charge in [0.2, 0.25) is 5.91 Å². The van der Waals surface area contributed by atoms with Crippen LogP contribution in [0.1, 0.15) is 50.3 Å². The van der Waals surface area contributed by atoms with Crippen molar-refractivity contribution in [2.45, 2.75) is 47.1 Å². The molecule has 7 heteroatoms. The first kappa shape index (κ1) is 17.1. The van der Waals surface area contributed by atoms with Gasteiger partial charge in [-0.2, -0.15) is 0 Å². The van der Waals surface area contributed by atoms with Gasteiger partial charge in [-0.15, -0.1) is 5.10 Å². The first-order valence-corrected chi connectivity index (χ1v) is 7.35. The lowest BCUT2D eigenvalue weighted by molar-refractivity contribution is -0.121. The van der Waals surface area contributed by atoms with E-state index in [1.807, 2.05) is 6.92 Å². The first-order valence-electron chi connectivity index (χ1n) is 7.35. The van der Waals surface area contributed by atoms with Gasteiger partial charge in [-0.3, -0.25) is 4.79 Å². The summed E-state index contributed by atoms with van der Waals surface area (Å²) >= 11 is 0. The van der Waals surface area contributed by atoms with E-state index >= 15 is 0 Å². The van der Waals surface area contributed by atoms with Crippen LogP contribution in [-0.2, 0) is 22.5 Å². The van der Waals surface area contributed by atoms with Crippen molar-refractivity contribution in [2.24, 2.45) is 5.92 Å². The summed E-state index contributed by atoms with van der Waals surface area (Å²) in [6, 6.07) is 0. The van der Waals surface area contributed by atoms with E-state index in [-0.39, 0.29) is 11.6 Å². The van der Waals surface area contributed by atoms with Gasteiger partial charge in [0.15, 0.2) is 5.69 Å². The molecule has 0 radical (unpaired) electrons. The number of aromatic nitrogens is 3. The number of carbonyl (C=O) groups excluding carboxylic acids is 2. The zero-order valence-corrected chi connectivity index (χ0v) is 13.2. The smallest absolute Gasteiger partial charge is 0.360 e. The van der Waals surface area contributed by atoms with Crippen molar-refractivity contribution in [3.63, 3.8) is 0 Å². The van der Waals surface area contributed by atoms with Crippen molar-refractivity contribution in [1.82, 2.24) is 20.3 Å². The largest absolute Gasteiger partial charge is 0.461 e. The Labute approximate surface area is 125 Å². The number of aryl methyl sites for hydroxylation is 1. The van der Waals surface area contributed by atoms with Crippen LogP contribution in [0.4, 0.5) is 0 Å². The van der Waals surface area contributed by atoms with Crippen molar-refractivity contribution in [2.75, 3.05) is 13.2 Å². The topological polar surface area (TPSA) is 86.1 Å². The van der Waals surface area contributed by atoms with E-state index in [0.717, 1.165) is 5.69 Å². The second kappa shape index (κ2) is 8.39. The Morgan fingerprint density at radius 1 is 1.33 bits per heavy atom. The molecule has 0 bridgehead atoms. The molecule has 1 aromatic rings. The zero-order chi connectivity index (χ0) is 15.8. The fourth-order valence-corrected chi connectivity index (χ4v) is 1.95. The van der Waals surface area contributed by atoms with Crippen molar-refractivity contribution < 1.29 is 14.3 Å². The van der Waals surface area contributed by atoms with Crippen LogP contribution < -0.4 is 5.32 Å². The SMILES string of the molecule is CCNC(=O)CCn1nnc(C(=O)OCC)c1CC(C)C. The van der Waals surface area contributed by atoms with Crippen molar-refractivity contribution in [1.29, 1.82) is 0 Å². The Balaban J connectivity index is 2.87. The molecule has 0 saturated heterocycles. The van der Waals surface area contributed by atoms with Gasteiger partial charge in [0, 0.05) is 13.0 Å². The molecule has 1 rings (SSSR count). The van der Waals surface area contributed by atoms with E-state index < -0.39 is 5.97 Å². The summed E-state index contributed by atoms with van der Waals surface area (Å²) in [6.45, 7) is 9.03. The number of nitrogens with zero attached hydrogens (tertiary/aromatic N) is 3. The summed E-state index contributed by atoms with van der Waals surface area (Å²) in [5, 5.41) is 10.6. The van der Waals surface area contributed by atoms with E-state index in [0.29, 0.717) is 38.5 Å². The molecule has 21 heavy (non-hydrogen) atoms. The molecular formula is C14H24N4O3. The lowest BCUT2D eigenvalue weighted by Gasteiger charge is -2.10. The number of hydrogen-bond donors (Lipinski definition) is 1. The number of hydrogen-bond acceptors (Lipinski definition) is 5. The van der Waals surface area contributed by atoms with Crippen molar-refractivity contribution in [3.8, 4) is 0 Å². The fraction of sp³-hybridized carbons (Fsp3) is 0.714. The van der Waals surface area contributed by atoms with E-state index in [9.17, 15) is 9.59 Å². The number of rotatable bonds is 8. The van der Waals surface area contributed by atoms with Gasteiger partial charge in [0.25, 0.3) is 0 Å². The Morgan fingerprint density at radius 3 is 2.62 bits per heavy atom. The molecule has 0 spiro atoms. The highest BCUT2D eigenvalue weighted by molar-refractivity contribution is 5.88. The molecule has 0 atom stereocenters. The minimum atomic E-state index is -0.461. The van der Waals surface area contributed by atoms with Crippen molar-refractivity contribution >= 4 is 11.9 Å². The van der Waals surface area contributed by atoms with Crippen LogP contribution in [0.25, 0.3) is 0 Å². The van der Waals surface area contributed by atoms with E-state index in [1.165, 1.54) is 0 Å². The lowest BCUT2D eigenvalue weighted by atomic mass is 10.1. The molecule has 1 heterocycles. The number of ether oxygens (including phenoxy) is 1. The molecule has 0 aromatic carbocycles. The first-order chi connectivity index (χ1) is 9.99. The predicted octanol–water partition coefficient (Wildman–Crippen LogP) is 1.18. The second-order valence-electron chi connectivity index (χ2n) is 5.13. The lowest BCUT2D eigenvalue weighted by Crippen LogP contribution is -2.24. The van der Waals surface area contributed by atoms with Gasteiger partial charge in [-0.25, -0.2) is 9.48 Å². The third kappa shape index (κ3) is 5.17. The van der Waals surface area contributed by atoms with E-state index in [4.69, 9.17) is 4.74 Å². The summed E-state index contributed by atoms with van der Waals surface area (Å²) in [5.74, 6) is -0.154. The highest BCUT2D eigenvalue weighted by Crippen LogP contribution is 2.13. The molecule has 0 aliphatic rings. The standard InChI is InChI=1S/C14H24N4O3/c1-5-15-12(19)7-8-18-11(9-10(3)4)13(16-17-18)14(20)21-6-2/h10H,5-9H2,1-4H3,(H,15,19). The monoisotopic (exact) mass is 296 g/mol. The minimum absolute atomic E-state index is 0.0406. The van der Waals surface area contributed by atoms with Gasteiger partial charge in [0.1, 0.15) is 0 Å². The molecular weight excluding hydrogens is 272 g/mol. The molecule has 0 aliphatic carbocycles. The van der Waals surface area contributed by atoms with Crippen LogP contribution in [0.5, 0.6) is 0 Å². The second-order valence-corrected chi connectivity index (χ2v) is 5.13. The molecule has 1 N–H and O–H groups in total. The van der Waals surface area contributed by atoms with Crippen LogP contribution in [0.3, 0.4) is 0 Å². The summed E-state index contributed by atoms with van der Waals surface area (Å²) < 4.78 is 6.62. The van der Waals surface area contributed by atoms with Crippen LogP contribution in [0.15, 0.2) is 0 Å². The maximum Gasteiger partial charge on any atom is 0.360 e. The molecule has 0 saturated carbocycles. The predicted molar refractivity (Wildman–Crippen MR) is 77.8 cm³/mol. The highest BCUT2D eigenvalue weighted by atomic mass is 16.5. The Hall–Kier alpha value is -1.92. The van der Waals surface area contributed by atoms with Gasteiger partial charge in [-0.05, 0) is 26.2 Å². The van der Waals surface area contributed by atoms with Gasteiger partial charge >= 0.3 is 5.97 Å². The van der Waals surface area contributed by atoms with E-state index in [1.54, 1.807) is 11.6 Å². The van der Waals surface area contributed by atoms with Crippen molar-refractivity contribution in [3.05, 3.63) is 11.4 Å². The summed E-state index contributed by atoms with van der Waals surface area (Å²) in [7, 11) is 0. The van der Waals surface area contributed by atoms with Crippen LogP contribution in [0, 0.1) is 5.92 Å². The molecule has 0 aliphatic heterocycles. The molecule has 0 unspecified atom stereocenters. The molecule has 0 fully saturated rings. The molecule has 7 nitrogen and oxygen atoms in total. The quantitative estimate of drug-likeness (QED) is 0.728. The maximum atomic E-state index is 11.9. The summed E-state index contributed by atoms with van der Waals surface area (Å²) in [6.07, 6.45) is 0.973. The van der Waals surface area contributed by atoms with Crippen LogP contribution in [-0.4, -0.2) is 40.0 Å². The number of amides is 1. The molecule has 1 amide bonds. The number of nitrogens with one attached hydrogen (secondary N) is 1.